The Balaban J connectivity index is 1.31. The molecule has 0 saturated heterocycles. The number of hydrogen-bond acceptors (Lipinski definition) is 7. The number of halogens is 5. The minimum Gasteiger partial charge on any atom is -0.395 e. The van der Waals surface area contributed by atoms with Crippen LogP contribution in [-0.2, 0) is 19.1 Å². The number of anilines is 1. The van der Waals surface area contributed by atoms with Crippen molar-refractivity contribution in [3.63, 3.8) is 0 Å². The van der Waals surface area contributed by atoms with Gasteiger partial charge in [-0.05, 0) is 29.8 Å². The lowest BCUT2D eigenvalue weighted by atomic mass is 10.1. The smallest absolute Gasteiger partial charge is 0.395 e. The van der Waals surface area contributed by atoms with E-state index in [9.17, 15) is 22.0 Å². The molecule has 33 heavy (non-hydrogen) atoms. The van der Waals surface area contributed by atoms with E-state index in [-0.39, 0.29) is 23.0 Å². The summed E-state index contributed by atoms with van der Waals surface area (Å²) in [6.45, 7) is 0.789. The fourth-order valence-electron chi connectivity index (χ4n) is 3.49. The first-order chi connectivity index (χ1) is 15.6. The molecule has 4 aromatic rings. The number of fused-ring (bicyclic) bond motifs is 5. The van der Waals surface area contributed by atoms with Crippen molar-refractivity contribution in [1.29, 1.82) is 0 Å². The Morgan fingerprint density at radius 3 is 2.52 bits per heavy atom. The maximum Gasteiger partial charge on any atom is 0.586 e. The van der Waals surface area contributed by atoms with Crippen LogP contribution in [-0.4, -0.2) is 32.4 Å². The van der Waals surface area contributed by atoms with Crippen LogP contribution in [0, 0.1) is 0 Å². The fraction of sp³-hybridized carbons (Fsp3) is 0.250. The van der Waals surface area contributed by atoms with Crippen molar-refractivity contribution in [3.8, 4) is 11.5 Å². The largest absolute Gasteiger partial charge is 0.586 e. The molecular formula is C20H15F5N6O2. The van der Waals surface area contributed by atoms with Gasteiger partial charge in [0.1, 0.15) is 5.52 Å². The molecule has 3 heterocycles. The summed E-state index contributed by atoms with van der Waals surface area (Å²) in [6.07, 6.45) is -7.79. The quantitative estimate of drug-likeness (QED) is 0.343. The first-order valence-corrected chi connectivity index (χ1v) is 9.71. The normalized spacial score (nSPS) is 14.9. The van der Waals surface area contributed by atoms with Crippen LogP contribution in [0.4, 0.5) is 27.9 Å². The lowest BCUT2D eigenvalue weighted by Gasteiger charge is -2.08. The topological polar surface area (TPSA) is 99.6 Å². The minimum atomic E-state index is -4.37. The maximum absolute atomic E-state index is 13.5. The third-order valence-electron chi connectivity index (χ3n) is 5.02. The molecule has 1 aliphatic rings. The summed E-state index contributed by atoms with van der Waals surface area (Å²) in [5, 5.41) is 7.81. The van der Waals surface area contributed by atoms with E-state index >= 15 is 0 Å². The summed E-state index contributed by atoms with van der Waals surface area (Å²) in [5.74, 6) is -0.0366. The zero-order valence-electron chi connectivity index (χ0n) is 16.7. The molecule has 2 aromatic heterocycles. The van der Waals surface area contributed by atoms with E-state index in [1.54, 1.807) is 0 Å². The maximum atomic E-state index is 13.5. The van der Waals surface area contributed by atoms with E-state index in [1.165, 1.54) is 28.8 Å². The Morgan fingerprint density at radius 1 is 1.03 bits per heavy atom. The van der Waals surface area contributed by atoms with Crippen LogP contribution in [0.15, 0.2) is 36.4 Å². The first-order valence-electron chi connectivity index (χ1n) is 9.71. The lowest BCUT2D eigenvalue weighted by molar-refractivity contribution is -0.286. The highest BCUT2D eigenvalue weighted by Crippen LogP contribution is 2.45. The Bertz CT molecular complexity index is 1350. The summed E-state index contributed by atoms with van der Waals surface area (Å²) < 4.78 is 75.1. The van der Waals surface area contributed by atoms with Gasteiger partial charge in [0.15, 0.2) is 23.0 Å². The molecule has 0 bridgehead atoms. The molecule has 172 valence electrons. The van der Waals surface area contributed by atoms with Gasteiger partial charge in [0.25, 0.3) is 0 Å². The molecule has 0 unspecified atom stereocenters. The third kappa shape index (κ3) is 3.95. The van der Waals surface area contributed by atoms with Crippen LogP contribution in [0.2, 0.25) is 0 Å². The standard InChI is InChI=1S/C20H15F5N6O2/c21-19(22,23)11-3-1-10(2-4-11)9-27-8-7-14-28-17-12-5-6-13-16(33-20(24,25)32-13)15(12)29-18(26)31(17)30-14/h1-6,27H,7-9H2,(H2,26,29). The molecule has 0 fully saturated rings. The number of nitrogens with one attached hydrogen (secondary N) is 1. The van der Waals surface area contributed by atoms with Crippen LogP contribution in [0.5, 0.6) is 11.5 Å². The number of nitrogen functional groups attached to an aromatic ring is 1. The molecule has 0 spiro atoms. The number of hydrogen-bond donors (Lipinski definition) is 2. The Morgan fingerprint density at radius 2 is 1.79 bits per heavy atom. The van der Waals surface area contributed by atoms with Crippen LogP contribution >= 0.6 is 0 Å². The zero-order valence-corrected chi connectivity index (χ0v) is 16.7. The van der Waals surface area contributed by atoms with Crippen molar-refractivity contribution in [1.82, 2.24) is 24.9 Å². The van der Waals surface area contributed by atoms with Crippen LogP contribution < -0.4 is 20.5 Å². The second-order valence-corrected chi connectivity index (χ2v) is 7.31. The molecule has 0 radical (unpaired) electrons. The van der Waals surface area contributed by atoms with Gasteiger partial charge >= 0.3 is 12.5 Å². The van der Waals surface area contributed by atoms with Crippen LogP contribution in [0.1, 0.15) is 17.0 Å². The van der Waals surface area contributed by atoms with Gasteiger partial charge in [-0.1, -0.05) is 12.1 Å². The molecule has 0 aliphatic carbocycles. The van der Waals surface area contributed by atoms with E-state index < -0.39 is 18.0 Å². The number of ether oxygens (including phenoxy) is 2. The predicted octanol–water partition coefficient (Wildman–Crippen LogP) is 3.53. The van der Waals surface area contributed by atoms with Crippen molar-refractivity contribution < 1.29 is 31.4 Å². The molecule has 2 aromatic carbocycles. The average Bonchev–Trinajstić information content (AvgIpc) is 3.31. The zero-order chi connectivity index (χ0) is 23.4. The molecule has 3 N–H and O–H groups in total. The number of nitrogens with zero attached hydrogens (tertiary/aromatic N) is 4. The first kappa shape index (κ1) is 21.1. The molecule has 13 heteroatoms. The Hall–Kier alpha value is -3.74. The van der Waals surface area contributed by atoms with Crippen molar-refractivity contribution in [3.05, 3.63) is 53.3 Å². The Kier molecular flexibility index (Phi) is 4.74. The number of aromatic nitrogens is 4. The lowest BCUT2D eigenvalue weighted by Crippen LogP contribution is -2.26. The number of alkyl halides is 5. The van der Waals surface area contributed by atoms with Gasteiger partial charge in [-0.2, -0.15) is 17.7 Å². The highest BCUT2D eigenvalue weighted by atomic mass is 19.4. The fourth-order valence-corrected chi connectivity index (χ4v) is 3.49. The number of benzene rings is 2. The van der Waals surface area contributed by atoms with E-state index in [1.807, 2.05) is 0 Å². The monoisotopic (exact) mass is 466 g/mol. The second kappa shape index (κ2) is 7.40. The average molecular weight is 466 g/mol. The molecule has 0 amide bonds. The number of rotatable bonds is 5. The Labute approximate surface area is 182 Å². The summed E-state index contributed by atoms with van der Waals surface area (Å²) in [4.78, 5) is 8.55. The van der Waals surface area contributed by atoms with Gasteiger partial charge in [0.05, 0.1) is 5.56 Å². The van der Waals surface area contributed by atoms with E-state index in [2.05, 4.69) is 29.9 Å². The van der Waals surface area contributed by atoms with Crippen molar-refractivity contribution in [2.24, 2.45) is 0 Å². The molecule has 8 nitrogen and oxygen atoms in total. The van der Waals surface area contributed by atoms with Crippen LogP contribution in [0.3, 0.4) is 0 Å². The van der Waals surface area contributed by atoms with Crippen molar-refractivity contribution in [2.75, 3.05) is 12.3 Å². The SMILES string of the molecule is Nc1nc2c3c(ccc2c2nc(CCNCc4ccc(C(F)(F)F)cc4)nn12)OC(F)(F)O3. The van der Waals surface area contributed by atoms with Gasteiger partial charge in [-0.15, -0.1) is 13.9 Å². The van der Waals surface area contributed by atoms with Gasteiger partial charge in [0, 0.05) is 24.9 Å². The van der Waals surface area contributed by atoms with E-state index in [4.69, 9.17) is 5.73 Å². The minimum absolute atomic E-state index is 0.0684. The van der Waals surface area contributed by atoms with Crippen molar-refractivity contribution in [2.45, 2.75) is 25.4 Å². The van der Waals surface area contributed by atoms with E-state index in [0.29, 0.717) is 41.9 Å². The predicted molar refractivity (Wildman–Crippen MR) is 106 cm³/mol. The molecule has 0 atom stereocenters. The summed E-state index contributed by atoms with van der Waals surface area (Å²) in [7, 11) is 0. The second-order valence-electron chi connectivity index (χ2n) is 7.31. The highest BCUT2D eigenvalue weighted by molar-refractivity contribution is 5.97. The van der Waals surface area contributed by atoms with Crippen molar-refractivity contribution >= 4 is 22.5 Å². The summed E-state index contributed by atoms with van der Waals surface area (Å²) in [5.41, 5.74) is 6.32. The molecule has 1 aliphatic heterocycles. The summed E-state index contributed by atoms with van der Waals surface area (Å²) in [6, 6.07) is 7.72. The molecule has 0 saturated carbocycles. The molecule has 5 rings (SSSR count). The van der Waals surface area contributed by atoms with Gasteiger partial charge in [-0.3, -0.25) is 0 Å². The van der Waals surface area contributed by atoms with Gasteiger partial charge in [0.2, 0.25) is 5.95 Å². The van der Waals surface area contributed by atoms with Gasteiger partial charge in [-0.25, -0.2) is 9.97 Å². The summed E-state index contributed by atoms with van der Waals surface area (Å²) >= 11 is 0. The van der Waals surface area contributed by atoms with E-state index in [0.717, 1.165) is 12.1 Å². The number of nitrogens with two attached hydrogens (primary N) is 1. The van der Waals surface area contributed by atoms with Crippen LogP contribution in [0.25, 0.3) is 16.6 Å². The van der Waals surface area contributed by atoms with Gasteiger partial charge < -0.3 is 20.5 Å². The highest BCUT2D eigenvalue weighted by Gasteiger charge is 2.45. The third-order valence-corrected chi connectivity index (χ3v) is 5.02. The molecular weight excluding hydrogens is 451 g/mol.